The van der Waals surface area contributed by atoms with Gasteiger partial charge in [0.2, 0.25) is 5.91 Å². The highest BCUT2D eigenvalue weighted by Crippen LogP contribution is 2.28. The maximum atomic E-state index is 12.5. The van der Waals surface area contributed by atoms with Gasteiger partial charge in [0.25, 0.3) is 0 Å². The van der Waals surface area contributed by atoms with Gasteiger partial charge in [-0.1, -0.05) is 31.3 Å². The van der Waals surface area contributed by atoms with Crippen molar-refractivity contribution < 1.29 is 10.0 Å². The van der Waals surface area contributed by atoms with Gasteiger partial charge >= 0.3 is 0 Å². The van der Waals surface area contributed by atoms with Crippen molar-refractivity contribution in [3.8, 4) is 0 Å². The zero-order valence-electron chi connectivity index (χ0n) is 12.4. The molecule has 5 nitrogen and oxygen atoms in total. The molecule has 0 heterocycles. The molecule has 1 aliphatic carbocycles. The van der Waals surface area contributed by atoms with E-state index in [0.29, 0.717) is 12.3 Å². The Morgan fingerprint density at radius 1 is 1.42 bits per heavy atom. The molecule has 19 heavy (non-hydrogen) atoms. The summed E-state index contributed by atoms with van der Waals surface area (Å²) < 4.78 is 0. The molecule has 1 aliphatic rings. The maximum Gasteiger partial charge on any atom is 0.235 e. The molecule has 1 atom stereocenters. The zero-order valence-corrected chi connectivity index (χ0v) is 12.4. The molecule has 0 aromatic heterocycles. The molecule has 110 valence electrons. The van der Waals surface area contributed by atoms with E-state index in [-0.39, 0.29) is 11.7 Å². The lowest BCUT2D eigenvalue weighted by atomic mass is 9.83. The van der Waals surface area contributed by atoms with E-state index in [4.69, 9.17) is 10.9 Å². The number of nitrogens with two attached hydrogens (primary N) is 1. The number of amidine groups is 1. The van der Waals surface area contributed by atoms with Gasteiger partial charge in [0, 0.05) is 13.6 Å². The molecule has 5 heteroatoms. The van der Waals surface area contributed by atoms with Gasteiger partial charge < -0.3 is 15.8 Å². The Kier molecular flexibility index (Phi) is 5.63. The van der Waals surface area contributed by atoms with E-state index < -0.39 is 5.41 Å². The van der Waals surface area contributed by atoms with Gasteiger partial charge in [-0.2, -0.15) is 0 Å². The topological polar surface area (TPSA) is 78.9 Å². The number of carbonyl (C=O) groups is 1. The number of nitrogens with zero attached hydrogens (tertiary/aromatic N) is 2. The van der Waals surface area contributed by atoms with Crippen molar-refractivity contribution in [2.45, 2.75) is 52.4 Å². The van der Waals surface area contributed by atoms with Crippen LogP contribution >= 0.6 is 0 Å². The Labute approximate surface area is 115 Å². The first-order valence-corrected chi connectivity index (χ1v) is 7.19. The Balaban J connectivity index is 2.68. The van der Waals surface area contributed by atoms with Crippen LogP contribution in [0.5, 0.6) is 0 Å². The van der Waals surface area contributed by atoms with Gasteiger partial charge in [0.1, 0.15) is 5.41 Å². The predicted molar refractivity (Wildman–Crippen MR) is 76.0 cm³/mol. The number of amides is 1. The molecule has 1 fully saturated rings. The fourth-order valence-electron chi connectivity index (χ4n) is 2.81. The lowest BCUT2D eigenvalue weighted by Crippen LogP contribution is -2.49. The van der Waals surface area contributed by atoms with E-state index in [1.807, 2.05) is 14.0 Å². The third-order valence-electron chi connectivity index (χ3n) is 4.46. The van der Waals surface area contributed by atoms with Crippen LogP contribution in [0.15, 0.2) is 5.16 Å². The number of oxime groups is 1. The summed E-state index contributed by atoms with van der Waals surface area (Å²) in [6.07, 6.45) is 6.76. The Morgan fingerprint density at radius 3 is 2.47 bits per heavy atom. The Hall–Kier alpha value is -1.26. The minimum absolute atomic E-state index is 0.00417. The number of rotatable bonds is 5. The standard InChI is InChI=1S/C14H27N3O2/c1-4-14(2,12(15)16-19)13(18)17(3)10-11-8-6-5-7-9-11/h11,19H,4-10H2,1-3H3,(H2,15,16). The normalized spacial score (nSPS) is 20.9. The van der Waals surface area contributed by atoms with Crippen LogP contribution in [0, 0.1) is 11.3 Å². The lowest BCUT2D eigenvalue weighted by Gasteiger charge is -2.33. The van der Waals surface area contributed by atoms with Crippen molar-refractivity contribution in [2.75, 3.05) is 13.6 Å². The Bertz CT molecular complexity index is 338. The Morgan fingerprint density at radius 2 is 2.00 bits per heavy atom. The average molecular weight is 269 g/mol. The van der Waals surface area contributed by atoms with E-state index in [1.165, 1.54) is 32.1 Å². The number of hydrogen-bond donors (Lipinski definition) is 2. The first-order chi connectivity index (χ1) is 8.95. The molecule has 0 saturated heterocycles. The quantitative estimate of drug-likeness (QED) is 0.347. The highest BCUT2D eigenvalue weighted by atomic mass is 16.4. The van der Waals surface area contributed by atoms with Gasteiger partial charge in [-0.15, -0.1) is 0 Å². The van der Waals surface area contributed by atoms with Crippen molar-refractivity contribution in [3.05, 3.63) is 0 Å². The summed E-state index contributed by atoms with van der Waals surface area (Å²) in [7, 11) is 1.81. The molecule has 0 aliphatic heterocycles. The maximum absolute atomic E-state index is 12.5. The second-order valence-electron chi connectivity index (χ2n) is 5.86. The summed E-state index contributed by atoms with van der Waals surface area (Å²) in [5.41, 5.74) is 4.78. The van der Waals surface area contributed by atoms with Crippen molar-refractivity contribution in [1.82, 2.24) is 4.90 Å². The van der Waals surface area contributed by atoms with Crippen molar-refractivity contribution in [3.63, 3.8) is 0 Å². The molecule has 0 spiro atoms. The van der Waals surface area contributed by atoms with Crippen LogP contribution in [0.2, 0.25) is 0 Å². The van der Waals surface area contributed by atoms with E-state index in [2.05, 4.69) is 5.16 Å². The van der Waals surface area contributed by atoms with Gasteiger partial charge in [0.15, 0.2) is 5.84 Å². The van der Waals surface area contributed by atoms with Crippen molar-refractivity contribution in [1.29, 1.82) is 0 Å². The van der Waals surface area contributed by atoms with E-state index in [1.54, 1.807) is 11.8 Å². The SMILES string of the molecule is CCC(C)(C(=O)N(C)CC1CCCCC1)C(N)=NO. The molecule has 0 radical (unpaired) electrons. The largest absolute Gasteiger partial charge is 0.409 e. The van der Waals surface area contributed by atoms with Crippen LogP contribution in [0.1, 0.15) is 52.4 Å². The van der Waals surface area contributed by atoms with Crippen LogP contribution in [0.3, 0.4) is 0 Å². The van der Waals surface area contributed by atoms with Crippen molar-refractivity contribution >= 4 is 11.7 Å². The summed E-state index contributed by atoms with van der Waals surface area (Å²) in [6.45, 7) is 4.39. The summed E-state index contributed by atoms with van der Waals surface area (Å²) in [6, 6.07) is 0. The molecule has 0 aromatic carbocycles. The monoisotopic (exact) mass is 269 g/mol. The molecular weight excluding hydrogens is 242 g/mol. The molecule has 0 aromatic rings. The molecule has 0 bridgehead atoms. The molecule has 1 rings (SSSR count). The first-order valence-electron chi connectivity index (χ1n) is 7.19. The van der Waals surface area contributed by atoms with Crippen molar-refractivity contribution in [2.24, 2.45) is 22.2 Å². The van der Waals surface area contributed by atoms with E-state index >= 15 is 0 Å². The average Bonchev–Trinajstić information content (AvgIpc) is 2.45. The first kappa shape index (κ1) is 15.8. The predicted octanol–water partition coefficient (Wildman–Crippen LogP) is 2.19. The van der Waals surface area contributed by atoms with Gasteiger partial charge in [-0.3, -0.25) is 4.79 Å². The van der Waals surface area contributed by atoms with Gasteiger partial charge in [0.05, 0.1) is 0 Å². The minimum atomic E-state index is -0.905. The van der Waals surface area contributed by atoms with Crippen LogP contribution in [0.4, 0.5) is 0 Å². The fourth-order valence-corrected chi connectivity index (χ4v) is 2.81. The summed E-state index contributed by atoms with van der Waals surface area (Å²) in [5, 5.41) is 11.9. The molecule has 1 unspecified atom stereocenters. The highest BCUT2D eigenvalue weighted by molar-refractivity contribution is 6.06. The third-order valence-corrected chi connectivity index (χ3v) is 4.46. The highest BCUT2D eigenvalue weighted by Gasteiger charge is 2.38. The van der Waals surface area contributed by atoms with Crippen LogP contribution in [-0.4, -0.2) is 35.4 Å². The molecular formula is C14H27N3O2. The summed E-state index contributed by atoms with van der Waals surface area (Å²) >= 11 is 0. The molecule has 3 N–H and O–H groups in total. The number of hydrogen-bond acceptors (Lipinski definition) is 3. The van der Waals surface area contributed by atoms with Gasteiger partial charge in [-0.05, 0) is 32.1 Å². The molecule has 1 amide bonds. The number of carbonyl (C=O) groups excluding carboxylic acids is 1. The summed E-state index contributed by atoms with van der Waals surface area (Å²) in [5.74, 6) is 0.530. The minimum Gasteiger partial charge on any atom is -0.409 e. The second kappa shape index (κ2) is 6.78. The molecule has 1 saturated carbocycles. The third kappa shape index (κ3) is 3.61. The van der Waals surface area contributed by atoms with Gasteiger partial charge in [-0.25, -0.2) is 0 Å². The second-order valence-corrected chi connectivity index (χ2v) is 5.86. The van der Waals surface area contributed by atoms with Crippen LogP contribution in [-0.2, 0) is 4.79 Å². The fraction of sp³-hybridized carbons (Fsp3) is 0.857. The van der Waals surface area contributed by atoms with E-state index in [9.17, 15) is 4.79 Å². The van der Waals surface area contributed by atoms with E-state index in [0.717, 1.165) is 6.54 Å². The van der Waals surface area contributed by atoms with Crippen LogP contribution < -0.4 is 5.73 Å². The van der Waals surface area contributed by atoms with Crippen LogP contribution in [0.25, 0.3) is 0 Å². The summed E-state index contributed by atoms with van der Waals surface area (Å²) in [4.78, 5) is 14.3. The lowest BCUT2D eigenvalue weighted by molar-refractivity contribution is -0.137. The zero-order chi connectivity index (χ0) is 14.5. The smallest absolute Gasteiger partial charge is 0.235 e.